The maximum absolute atomic E-state index is 12.8. The van der Waals surface area contributed by atoms with E-state index < -0.39 is 22.7 Å². The number of benzene rings is 2. The number of hydrogen-bond donors (Lipinski definition) is 1. The van der Waals surface area contributed by atoms with Crippen molar-refractivity contribution in [3.63, 3.8) is 0 Å². The molecule has 2 nitrogen and oxygen atoms in total. The molecular formula is C16H13ClF3NO. The minimum atomic E-state index is -4.57. The molecule has 1 N–H and O–H groups in total. The van der Waals surface area contributed by atoms with Crippen molar-refractivity contribution in [3.05, 3.63) is 63.7 Å². The lowest BCUT2D eigenvalue weighted by Gasteiger charge is -2.12. The Hall–Kier alpha value is -2.01. The van der Waals surface area contributed by atoms with Crippen LogP contribution in [0.1, 0.15) is 27.0 Å². The summed E-state index contributed by atoms with van der Waals surface area (Å²) in [6, 6.07) is 8.60. The van der Waals surface area contributed by atoms with Gasteiger partial charge in [0.1, 0.15) is 0 Å². The first-order valence-corrected chi connectivity index (χ1v) is 6.81. The van der Waals surface area contributed by atoms with Crippen LogP contribution in [0.25, 0.3) is 0 Å². The van der Waals surface area contributed by atoms with Gasteiger partial charge in [-0.15, -0.1) is 0 Å². The van der Waals surface area contributed by atoms with Crippen LogP contribution in [-0.2, 0) is 6.18 Å². The van der Waals surface area contributed by atoms with Crippen molar-refractivity contribution in [1.29, 1.82) is 0 Å². The molecule has 0 aliphatic rings. The van der Waals surface area contributed by atoms with Crippen LogP contribution in [0.15, 0.2) is 36.4 Å². The van der Waals surface area contributed by atoms with E-state index in [4.69, 9.17) is 11.6 Å². The van der Waals surface area contributed by atoms with E-state index in [1.807, 2.05) is 13.0 Å². The zero-order chi connectivity index (χ0) is 16.5. The zero-order valence-corrected chi connectivity index (χ0v) is 12.6. The lowest BCUT2D eigenvalue weighted by molar-refractivity contribution is -0.137. The van der Waals surface area contributed by atoms with Gasteiger partial charge < -0.3 is 5.32 Å². The molecule has 0 saturated carbocycles. The molecule has 0 heterocycles. The van der Waals surface area contributed by atoms with Gasteiger partial charge in [-0.3, -0.25) is 4.79 Å². The summed E-state index contributed by atoms with van der Waals surface area (Å²) >= 11 is 5.55. The Labute approximate surface area is 130 Å². The van der Waals surface area contributed by atoms with Gasteiger partial charge in [0.05, 0.1) is 10.6 Å². The fourth-order valence-corrected chi connectivity index (χ4v) is 2.22. The topological polar surface area (TPSA) is 29.1 Å². The minimum Gasteiger partial charge on any atom is -0.322 e. The molecule has 0 atom stereocenters. The first kappa shape index (κ1) is 16.4. The van der Waals surface area contributed by atoms with E-state index in [0.29, 0.717) is 5.56 Å². The normalized spacial score (nSPS) is 11.4. The number of aryl methyl sites for hydroxylation is 2. The second-order valence-corrected chi connectivity index (χ2v) is 5.37. The molecule has 0 saturated heterocycles. The van der Waals surface area contributed by atoms with E-state index >= 15 is 0 Å². The van der Waals surface area contributed by atoms with Crippen molar-refractivity contribution < 1.29 is 18.0 Å². The fourth-order valence-electron chi connectivity index (χ4n) is 2.00. The van der Waals surface area contributed by atoms with E-state index in [9.17, 15) is 18.0 Å². The van der Waals surface area contributed by atoms with Crippen molar-refractivity contribution in [2.24, 2.45) is 0 Å². The summed E-state index contributed by atoms with van der Waals surface area (Å²) in [4.78, 5) is 12.2. The third-order valence-corrected chi connectivity index (χ3v) is 3.50. The molecule has 2 aromatic carbocycles. The number of carbonyl (C=O) groups excluding carboxylic acids is 1. The van der Waals surface area contributed by atoms with Gasteiger partial charge in [-0.25, -0.2) is 0 Å². The SMILES string of the molecule is Cc1ccc(C)c(C(=O)Nc2ccc(Cl)c(C(F)(F)F)c2)c1. The van der Waals surface area contributed by atoms with E-state index in [1.165, 1.54) is 6.07 Å². The molecule has 0 aromatic heterocycles. The average molecular weight is 328 g/mol. The summed E-state index contributed by atoms with van der Waals surface area (Å²) in [6.45, 7) is 3.59. The molecule has 0 spiro atoms. The fraction of sp³-hybridized carbons (Fsp3) is 0.188. The summed E-state index contributed by atoms with van der Waals surface area (Å²) < 4.78 is 38.4. The molecule has 22 heavy (non-hydrogen) atoms. The lowest BCUT2D eigenvalue weighted by atomic mass is 10.0. The summed E-state index contributed by atoms with van der Waals surface area (Å²) in [5.41, 5.74) is 1.12. The average Bonchev–Trinajstić information content (AvgIpc) is 2.42. The second-order valence-electron chi connectivity index (χ2n) is 4.96. The van der Waals surface area contributed by atoms with Crippen LogP contribution in [0.5, 0.6) is 0 Å². The molecule has 0 aliphatic carbocycles. The van der Waals surface area contributed by atoms with Crippen molar-refractivity contribution in [2.45, 2.75) is 20.0 Å². The van der Waals surface area contributed by atoms with Gasteiger partial charge in [0.15, 0.2) is 0 Å². The van der Waals surface area contributed by atoms with Crippen LogP contribution in [0, 0.1) is 13.8 Å². The lowest BCUT2D eigenvalue weighted by Crippen LogP contribution is -2.14. The standard InChI is InChI=1S/C16H13ClF3NO/c1-9-3-4-10(2)12(7-9)15(22)21-11-5-6-14(17)13(8-11)16(18,19)20/h3-8H,1-2H3,(H,21,22). The zero-order valence-electron chi connectivity index (χ0n) is 11.9. The smallest absolute Gasteiger partial charge is 0.322 e. The Kier molecular flexibility index (Phi) is 4.47. The molecule has 6 heteroatoms. The van der Waals surface area contributed by atoms with Gasteiger partial charge in [0.2, 0.25) is 0 Å². The van der Waals surface area contributed by atoms with Gasteiger partial charge in [-0.1, -0.05) is 29.3 Å². The largest absolute Gasteiger partial charge is 0.417 e. The van der Waals surface area contributed by atoms with Gasteiger partial charge in [0.25, 0.3) is 5.91 Å². The van der Waals surface area contributed by atoms with E-state index in [0.717, 1.165) is 23.3 Å². The molecule has 2 aromatic rings. The first-order valence-electron chi connectivity index (χ1n) is 6.44. The molecule has 1 amide bonds. The van der Waals surface area contributed by atoms with Crippen molar-refractivity contribution in [2.75, 3.05) is 5.32 Å². The number of halogens is 4. The van der Waals surface area contributed by atoms with Crippen molar-refractivity contribution in [3.8, 4) is 0 Å². The highest BCUT2D eigenvalue weighted by Crippen LogP contribution is 2.36. The minimum absolute atomic E-state index is 0.0441. The van der Waals surface area contributed by atoms with Crippen molar-refractivity contribution >= 4 is 23.2 Å². The maximum Gasteiger partial charge on any atom is 0.417 e. The molecule has 0 aliphatic heterocycles. The molecule has 2 rings (SSSR count). The summed E-state index contributed by atoms with van der Waals surface area (Å²) in [6.07, 6.45) is -4.57. The summed E-state index contributed by atoms with van der Waals surface area (Å²) in [5.74, 6) is -0.461. The van der Waals surface area contributed by atoms with Crippen LogP contribution in [-0.4, -0.2) is 5.91 Å². The van der Waals surface area contributed by atoms with Gasteiger partial charge in [0, 0.05) is 11.3 Å². The van der Waals surface area contributed by atoms with Crippen LogP contribution < -0.4 is 5.32 Å². The summed E-state index contributed by atoms with van der Waals surface area (Å²) in [5, 5.41) is 2.06. The first-order chi connectivity index (χ1) is 10.2. The Morgan fingerprint density at radius 2 is 1.77 bits per heavy atom. The molecular weight excluding hydrogens is 315 g/mol. The van der Waals surface area contributed by atoms with Gasteiger partial charge in [-0.05, 0) is 43.7 Å². The Bertz CT molecular complexity index is 726. The highest BCUT2D eigenvalue weighted by atomic mass is 35.5. The third-order valence-electron chi connectivity index (χ3n) is 3.17. The molecule has 0 bridgehead atoms. The van der Waals surface area contributed by atoms with Crippen LogP contribution in [0.2, 0.25) is 5.02 Å². The van der Waals surface area contributed by atoms with Crippen LogP contribution in [0.4, 0.5) is 18.9 Å². The number of nitrogens with one attached hydrogen (secondary N) is 1. The number of rotatable bonds is 2. The Balaban J connectivity index is 2.31. The molecule has 0 fully saturated rings. The second kappa shape index (κ2) is 6.01. The molecule has 0 unspecified atom stereocenters. The number of anilines is 1. The summed E-state index contributed by atoms with van der Waals surface area (Å²) in [7, 11) is 0. The number of alkyl halides is 3. The quantitative estimate of drug-likeness (QED) is 0.804. The number of amides is 1. The van der Waals surface area contributed by atoms with Crippen molar-refractivity contribution in [1.82, 2.24) is 0 Å². The predicted molar refractivity (Wildman–Crippen MR) is 80.3 cm³/mol. The number of hydrogen-bond acceptors (Lipinski definition) is 1. The Morgan fingerprint density at radius 3 is 2.41 bits per heavy atom. The maximum atomic E-state index is 12.8. The van der Waals surface area contributed by atoms with E-state index in [1.54, 1.807) is 19.1 Å². The molecule has 0 radical (unpaired) electrons. The number of carbonyl (C=O) groups is 1. The Morgan fingerprint density at radius 1 is 1.09 bits per heavy atom. The highest BCUT2D eigenvalue weighted by molar-refractivity contribution is 6.31. The predicted octanol–water partition coefficient (Wildman–Crippen LogP) is 5.23. The van der Waals surface area contributed by atoms with E-state index in [-0.39, 0.29) is 5.69 Å². The van der Waals surface area contributed by atoms with E-state index in [2.05, 4.69) is 5.32 Å². The van der Waals surface area contributed by atoms with Crippen LogP contribution >= 0.6 is 11.6 Å². The molecule has 116 valence electrons. The van der Waals surface area contributed by atoms with Gasteiger partial charge >= 0.3 is 6.18 Å². The van der Waals surface area contributed by atoms with Crippen LogP contribution in [0.3, 0.4) is 0 Å². The monoisotopic (exact) mass is 327 g/mol. The van der Waals surface area contributed by atoms with Gasteiger partial charge in [-0.2, -0.15) is 13.2 Å². The highest BCUT2D eigenvalue weighted by Gasteiger charge is 2.33. The third kappa shape index (κ3) is 3.60.